The summed E-state index contributed by atoms with van der Waals surface area (Å²) in [7, 11) is 0. The molecular formula is C14H12N4OS3. The third kappa shape index (κ3) is 3.90. The van der Waals surface area contributed by atoms with E-state index in [1.54, 1.807) is 5.51 Å². The van der Waals surface area contributed by atoms with Crippen molar-refractivity contribution in [2.45, 2.75) is 11.3 Å². The molecule has 0 aliphatic rings. The molecule has 0 radical (unpaired) electrons. The van der Waals surface area contributed by atoms with Gasteiger partial charge in [-0.2, -0.15) is 0 Å². The maximum Gasteiger partial charge on any atom is 0.236 e. The molecule has 0 unspecified atom stereocenters. The zero-order valence-corrected chi connectivity index (χ0v) is 14.1. The third-order valence-electron chi connectivity index (χ3n) is 2.76. The summed E-state index contributed by atoms with van der Waals surface area (Å²) in [5.74, 6) is 0.208. The number of benzene rings is 1. The Hall–Kier alpha value is -1.77. The van der Waals surface area contributed by atoms with Gasteiger partial charge in [-0.05, 0) is 6.92 Å². The minimum Gasteiger partial charge on any atom is -0.301 e. The summed E-state index contributed by atoms with van der Waals surface area (Å²) in [4.78, 5) is 16.3. The van der Waals surface area contributed by atoms with Crippen LogP contribution in [-0.4, -0.2) is 26.8 Å². The van der Waals surface area contributed by atoms with Crippen LogP contribution in [0.1, 0.15) is 5.56 Å². The monoisotopic (exact) mass is 348 g/mol. The minimum absolute atomic E-state index is 0.0926. The normalized spacial score (nSPS) is 10.6. The van der Waals surface area contributed by atoms with E-state index in [1.165, 1.54) is 40.0 Å². The van der Waals surface area contributed by atoms with Crippen molar-refractivity contribution in [3.63, 3.8) is 0 Å². The van der Waals surface area contributed by atoms with E-state index < -0.39 is 0 Å². The van der Waals surface area contributed by atoms with Crippen molar-refractivity contribution < 1.29 is 4.79 Å². The van der Waals surface area contributed by atoms with Crippen LogP contribution in [0.15, 0.2) is 39.5 Å². The van der Waals surface area contributed by atoms with Crippen molar-refractivity contribution in [2.75, 3.05) is 11.1 Å². The van der Waals surface area contributed by atoms with Crippen molar-refractivity contribution in [3.8, 4) is 11.3 Å². The summed E-state index contributed by atoms with van der Waals surface area (Å²) in [6.07, 6.45) is 0. The van der Waals surface area contributed by atoms with E-state index >= 15 is 0 Å². The molecule has 0 bridgehead atoms. The quantitative estimate of drug-likeness (QED) is 0.712. The number of thiazole rings is 1. The molecule has 0 spiro atoms. The van der Waals surface area contributed by atoms with Crippen LogP contribution in [0.3, 0.4) is 0 Å². The summed E-state index contributed by atoms with van der Waals surface area (Å²) < 4.78 is 0.787. The van der Waals surface area contributed by atoms with E-state index in [9.17, 15) is 4.79 Å². The SMILES string of the molecule is Cc1ccc(-c2csc(NC(=O)CSc3nncs3)n2)cc1. The van der Waals surface area contributed by atoms with Crippen LogP contribution in [0, 0.1) is 6.92 Å². The molecule has 0 saturated carbocycles. The average molecular weight is 348 g/mol. The molecule has 3 aromatic rings. The molecule has 2 aromatic heterocycles. The van der Waals surface area contributed by atoms with Gasteiger partial charge in [0.25, 0.3) is 0 Å². The molecule has 0 fully saturated rings. The van der Waals surface area contributed by atoms with E-state index in [0.29, 0.717) is 10.9 Å². The molecule has 0 atom stereocenters. The van der Waals surface area contributed by atoms with Crippen molar-refractivity contribution in [1.82, 2.24) is 15.2 Å². The number of nitrogens with one attached hydrogen (secondary N) is 1. The second-order valence-corrected chi connectivity index (χ2v) is 7.36. The zero-order valence-electron chi connectivity index (χ0n) is 11.6. The van der Waals surface area contributed by atoms with Gasteiger partial charge in [0.05, 0.1) is 11.4 Å². The van der Waals surface area contributed by atoms with Gasteiger partial charge in [0.1, 0.15) is 5.51 Å². The topological polar surface area (TPSA) is 67.8 Å². The van der Waals surface area contributed by atoms with Crippen LogP contribution in [0.5, 0.6) is 0 Å². The number of rotatable bonds is 5. The van der Waals surface area contributed by atoms with E-state index in [2.05, 4.69) is 20.5 Å². The highest BCUT2D eigenvalue weighted by molar-refractivity contribution is 8.01. The lowest BCUT2D eigenvalue weighted by atomic mass is 10.1. The first kappa shape index (κ1) is 15.1. The first-order chi connectivity index (χ1) is 10.7. The number of thioether (sulfide) groups is 1. The first-order valence-corrected chi connectivity index (χ1v) is 9.16. The largest absolute Gasteiger partial charge is 0.301 e. The molecule has 1 aromatic carbocycles. The number of hydrogen-bond donors (Lipinski definition) is 1. The van der Waals surface area contributed by atoms with E-state index in [1.807, 2.05) is 36.6 Å². The highest BCUT2D eigenvalue weighted by Crippen LogP contribution is 2.25. The Labute approximate surface area is 139 Å². The Morgan fingerprint density at radius 1 is 1.27 bits per heavy atom. The fraction of sp³-hybridized carbons (Fsp3) is 0.143. The van der Waals surface area contributed by atoms with Crippen LogP contribution < -0.4 is 5.32 Å². The molecule has 0 aliphatic carbocycles. The lowest BCUT2D eigenvalue weighted by Gasteiger charge is -2.00. The van der Waals surface area contributed by atoms with Gasteiger partial charge in [-0.3, -0.25) is 4.79 Å². The van der Waals surface area contributed by atoms with Gasteiger partial charge in [-0.1, -0.05) is 52.9 Å². The van der Waals surface area contributed by atoms with Crippen molar-refractivity contribution in [3.05, 3.63) is 40.7 Å². The second kappa shape index (κ2) is 6.99. The van der Waals surface area contributed by atoms with Gasteiger partial charge in [0, 0.05) is 10.9 Å². The minimum atomic E-state index is -0.0926. The number of amides is 1. The molecule has 22 heavy (non-hydrogen) atoms. The fourth-order valence-electron chi connectivity index (χ4n) is 1.70. The predicted octanol–water partition coefficient (Wildman–Crippen LogP) is 3.70. The molecule has 0 aliphatic heterocycles. The lowest BCUT2D eigenvalue weighted by Crippen LogP contribution is -2.13. The van der Waals surface area contributed by atoms with Gasteiger partial charge in [0.2, 0.25) is 5.91 Å². The van der Waals surface area contributed by atoms with Gasteiger partial charge in [0.15, 0.2) is 9.47 Å². The lowest BCUT2D eigenvalue weighted by molar-refractivity contribution is -0.113. The smallest absolute Gasteiger partial charge is 0.236 e. The van der Waals surface area contributed by atoms with Crippen molar-refractivity contribution >= 4 is 45.5 Å². The summed E-state index contributed by atoms with van der Waals surface area (Å²) in [6, 6.07) is 8.15. The maximum atomic E-state index is 11.9. The highest BCUT2D eigenvalue weighted by Gasteiger charge is 2.09. The van der Waals surface area contributed by atoms with Gasteiger partial charge in [-0.25, -0.2) is 4.98 Å². The summed E-state index contributed by atoms with van der Waals surface area (Å²) in [5.41, 5.74) is 4.78. The molecule has 8 heteroatoms. The van der Waals surface area contributed by atoms with Crippen LogP contribution in [0.4, 0.5) is 5.13 Å². The van der Waals surface area contributed by atoms with Gasteiger partial charge in [-0.15, -0.1) is 21.5 Å². The number of nitrogens with zero attached hydrogens (tertiary/aromatic N) is 3. The Kier molecular flexibility index (Phi) is 4.81. The summed E-state index contributed by atoms with van der Waals surface area (Å²) in [5, 5.41) is 13.0. The van der Waals surface area contributed by atoms with E-state index in [-0.39, 0.29) is 5.91 Å². The maximum absolute atomic E-state index is 11.9. The number of carbonyl (C=O) groups is 1. The predicted molar refractivity (Wildman–Crippen MR) is 91.5 cm³/mol. The Bertz CT molecular complexity index is 753. The first-order valence-electron chi connectivity index (χ1n) is 6.42. The van der Waals surface area contributed by atoms with Crippen LogP contribution in [0.2, 0.25) is 0 Å². The number of aromatic nitrogens is 3. The number of hydrogen-bond acceptors (Lipinski definition) is 7. The van der Waals surface area contributed by atoms with Crippen LogP contribution in [-0.2, 0) is 4.79 Å². The zero-order chi connectivity index (χ0) is 15.4. The van der Waals surface area contributed by atoms with Crippen molar-refractivity contribution in [1.29, 1.82) is 0 Å². The van der Waals surface area contributed by atoms with E-state index in [4.69, 9.17) is 0 Å². The van der Waals surface area contributed by atoms with Gasteiger partial charge < -0.3 is 5.32 Å². The van der Waals surface area contributed by atoms with Gasteiger partial charge >= 0.3 is 0 Å². The molecular weight excluding hydrogens is 336 g/mol. The van der Waals surface area contributed by atoms with Crippen LogP contribution >= 0.6 is 34.4 Å². The standard InChI is InChI=1S/C14H12N4OS3/c1-9-2-4-10(5-3-9)11-6-20-13(16-11)17-12(19)7-21-14-18-15-8-22-14/h2-6,8H,7H2,1H3,(H,16,17,19). The number of carbonyl (C=O) groups excluding carboxylic acids is 1. The van der Waals surface area contributed by atoms with Crippen molar-refractivity contribution in [2.24, 2.45) is 0 Å². The summed E-state index contributed by atoms with van der Waals surface area (Å²) in [6.45, 7) is 2.05. The average Bonchev–Trinajstić information content (AvgIpc) is 3.17. The fourth-order valence-corrected chi connectivity index (χ4v) is 3.72. The summed E-state index contributed by atoms with van der Waals surface area (Å²) >= 11 is 4.21. The molecule has 3 rings (SSSR count). The molecule has 112 valence electrons. The van der Waals surface area contributed by atoms with E-state index in [0.717, 1.165) is 15.6 Å². The molecule has 2 heterocycles. The second-order valence-electron chi connectivity index (χ2n) is 4.45. The molecule has 1 amide bonds. The van der Waals surface area contributed by atoms with Crippen LogP contribution in [0.25, 0.3) is 11.3 Å². The Morgan fingerprint density at radius 2 is 2.09 bits per heavy atom. The number of anilines is 1. The Morgan fingerprint density at radius 3 is 2.82 bits per heavy atom. The molecule has 1 N–H and O–H groups in total. The third-order valence-corrected chi connectivity index (χ3v) is 5.38. The molecule has 5 nitrogen and oxygen atoms in total. The highest BCUT2D eigenvalue weighted by atomic mass is 32.2. The number of aryl methyl sites for hydroxylation is 1. The molecule has 0 saturated heterocycles. The Balaban J connectivity index is 1.59.